The molecule has 0 bridgehead atoms. The van der Waals surface area contributed by atoms with Gasteiger partial charge in [0.15, 0.2) is 0 Å². The summed E-state index contributed by atoms with van der Waals surface area (Å²) in [6.45, 7) is 3.13. The van der Waals surface area contributed by atoms with Crippen molar-refractivity contribution in [2.24, 2.45) is 0 Å². The van der Waals surface area contributed by atoms with Crippen LogP contribution < -0.4 is 0 Å². The topological polar surface area (TPSA) is 57.5 Å². The molecule has 0 aromatic rings. The van der Waals surface area contributed by atoms with Gasteiger partial charge >= 0.3 is 6.16 Å². The number of rotatable bonds is 0. The van der Waals surface area contributed by atoms with Gasteiger partial charge in [0.05, 0.1) is 0 Å². The van der Waals surface area contributed by atoms with Crippen LogP contribution in [0.5, 0.6) is 0 Å². The fraction of sp³-hybridized carbons (Fsp3) is 0.250. The van der Waals surface area contributed by atoms with E-state index in [1.165, 1.54) is 5.54 Å². The lowest BCUT2D eigenvalue weighted by atomic mass is 11.3. The van der Waals surface area contributed by atoms with Gasteiger partial charge in [-0.2, -0.15) is 0 Å². The van der Waals surface area contributed by atoms with Gasteiger partial charge in [-0.1, -0.05) is 25.6 Å². The first kappa shape index (κ1) is 15.7. The van der Waals surface area contributed by atoms with Gasteiger partial charge in [0.2, 0.25) is 0 Å². The highest BCUT2D eigenvalue weighted by molar-refractivity contribution is 6.25. The molecule has 0 aliphatic rings. The molecule has 8 heavy (non-hydrogen) atoms. The third kappa shape index (κ3) is 200. The summed E-state index contributed by atoms with van der Waals surface area (Å²) >= 11 is 4.76. The predicted molar refractivity (Wildman–Crippen MR) is 33.4 cm³/mol. The third-order valence-corrected chi connectivity index (χ3v) is 0. The third-order valence-electron chi connectivity index (χ3n) is 0. The first-order valence-electron chi connectivity index (χ1n) is 1.28. The summed E-state index contributed by atoms with van der Waals surface area (Å²) in [7, 11) is 0. The summed E-state index contributed by atoms with van der Waals surface area (Å²) < 4.78 is 0. The number of carbonyl (C=O) groups is 1. The van der Waals surface area contributed by atoms with E-state index in [1.807, 2.05) is 0 Å². The summed E-state index contributed by atoms with van der Waals surface area (Å²) in [5.41, 5.74) is 1.22. The Morgan fingerprint density at radius 2 is 1.62 bits per heavy atom. The number of carboxylic acid groups (broad SMARTS) is 2. The van der Waals surface area contributed by atoms with Crippen LogP contribution in [-0.2, 0) is 0 Å². The van der Waals surface area contributed by atoms with E-state index in [4.69, 9.17) is 26.6 Å². The molecule has 0 radical (unpaired) electrons. The van der Waals surface area contributed by atoms with E-state index in [0.717, 1.165) is 0 Å². The Hall–Kier alpha value is -0.700. The molecule has 4 heteroatoms. The number of halogens is 1. The molecule has 0 aromatic carbocycles. The minimum Gasteiger partial charge on any atom is -0.450 e. The summed E-state index contributed by atoms with van der Waals surface area (Å²) in [6.07, 6.45) is -1.83. The molecule has 0 rings (SSSR count). The van der Waals surface area contributed by atoms with Crippen molar-refractivity contribution in [2.45, 2.75) is 7.43 Å². The van der Waals surface area contributed by atoms with E-state index in [2.05, 4.69) is 6.58 Å². The molecular formula is C4H9ClO3. The quantitative estimate of drug-likeness (QED) is 0.543. The van der Waals surface area contributed by atoms with Gasteiger partial charge < -0.3 is 10.2 Å². The lowest BCUT2D eigenvalue weighted by Gasteiger charge is -1.60. The van der Waals surface area contributed by atoms with Crippen molar-refractivity contribution in [3.8, 4) is 0 Å². The molecule has 0 atom stereocenters. The van der Waals surface area contributed by atoms with Crippen LogP contribution in [0.4, 0.5) is 4.79 Å². The van der Waals surface area contributed by atoms with Crippen LogP contribution in [0.3, 0.4) is 0 Å². The Morgan fingerprint density at radius 1 is 1.62 bits per heavy atom. The summed E-state index contributed by atoms with van der Waals surface area (Å²) in [5.74, 6) is 0. The van der Waals surface area contributed by atoms with Crippen molar-refractivity contribution in [3.63, 3.8) is 0 Å². The minimum atomic E-state index is -1.83. The number of hydrogen-bond donors (Lipinski definition) is 2. The molecule has 0 saturated carbocycles. The lowest BCUT2D eigenvalue weighted by molar-refractivity contribution is 0.137. The van der Waals surface area contributed by atoms with Crippen LogP contribution in [0.25, 0.3) is 0 Å². The SMILES string of the molecule is C.C=CCl.O=C(O)O. The van der Waals surface area contributed by atoms with Gasteiger partial charge in [-0.15, -0.1) is 0 Å². The van der Waals surface area contributed by atoms with Gasteiger partial charge in [0.25, 0.3) is 0 Å². The van der Waals surface area contributed by atoms with E-state index >= 15 is 0 Å². The van der Waals surface area contributed by atoms with Crippen molar-refractivity contribution >= 4 is 17.8 Å². The molecule has 2 N–H and O–H groups in total. The maximum Gasteiger partial charge on any atom is 0.503 e. The summed E-state index contributed by atoms with van der Waals surface area (Å²) in [5, 5.41) is 13.9. The van der Waals surface area contributed by atoms with E-state index in [0.29, 0.717) is 0 Å². The number of hydrogen-bond acceptors (Lipinski definition) is 1. The molecule has 0 spiro atoms. The Balaban J connectivity index is -0.0000000575. The van der Waals surface area contributed by atoms with Crippen molar-refractivity contribution in [3.05, 3.63) is 12.1 Å². The minimum absolute atomic E-state index is 0. The fourth-order valence-electron chi connectivity index (χ4n) is 0. The highest BCUT2D eigenvalue weighted by atomic mass is 35.5. The zero-order valence-corrected chi connectivity index (χ0v) is 4.22. The van der Waals surface area contributed by atoms with Crippen LogP contribution >= 0.6 is 11.6 Å². The summed E-state index contributed by atoms with van der Waals surface area (Å²) in [4.78, 5) is 8.56. The smallest absolute Gasteiger partial charge is 0.450 e. The fourth-order valence-corrected chi connectivity index (χ4v) is 0. The van der Waals surface area contributed by atoms with E-state index < -0.39 is 6.16 Å². The first-order chi connectivity index (χ1) is 3.15. The molecular weight excluding hydrogens is 131 g/mol. The molecule has 0 saturated heterocycles. The van der Waals surface area contributed by atoms with Gasteiger partial charge in [-0.05, 0) is 5.54 Å². The largest absolute Gasteiger partial charge is 0.503 e. The second kappa shape index (κ2) is 16.3. The molecule has 0 heterocycles. The molecule has 50 valence electrons. The van der Waals surface area contributed by atoms with Crippen molar-refractivity contribution in [1.29, 1.82) is 0 Å². The van der Waals surface area contributed by atoms with Crippen LogP contribution in [0.1, 0.15) is 7.43 Å². The average molecular weight is 141 g/mol. The molecule has 0 aliphatic heterocycles. The standard InChI is InChI=1S/C2H3Cl.CH2O3.CH4/c1-2-3;2-1(3)4;/h2H,1H2;(H2,2,3,4);1H4. The molecule has 3 nitrogen and oxygen atoms in total. The Kier molecular flexibility index (Phi) is 31.8. The molecule has 0 amide bonds. The monoisotopic (exact) mass is 140 g/mol. The van der Waals surface area contributed by atoms with Gasteiger partial charge in [0.1, 0.15) is 0 Å². The van der Waals surface area contributed by atoms with Gasteiger partial charge in [-0.25, -0.2) is 4.79 Å². The summed E-state index contributed by atoms with van der Waals surface area (Å²) in [6, 6.07) is 0. The zero-order chi connectivity index (χ0) is 6.28. The van der Waals surface area contributed by atoms with Crippen LogP contribution in [0, 0.1) is 0 Å². The van der Waals surface area contributed by atoms with Crippen LogP contribution in [0.2, 0.25) is 0 Å². The van der Waals surface area contributed by atoms with Gasteiger partial charge in [-0.3, -0.25) is 0 Å². The van der Waals surface area contributed by atoms with E-state index in [-0.39, 0.29) is 7.43 Å². The van der Waals surface area contributed by atoms with Crippen molar-refractivity contribution < 1.29 is 15.0 Å². The maximum atomic E-state index is 8.56. The molecule has 0 aromatic heterocycles. The van der Waals surface area contributed by atoms with Crippen molar-refractivity contribution in [1.82, 2.24) is 0 Å². The molecule has 0 fully saturated rings. The average Bonchev–Trinajstić information content (AvgIpc) is 1.33. The van der Waals surface area contributed by atoms with Crippen molar-refractivity contribution in [2.75, 3.05) is 0 Å². The molecule has 0 unspecified atom stereocenters. The maximum absolute atomic E-state index is 8.56. The van der Waals surface area contributed by atoms with Crippen LogP contribution in [-0.4, -0.2) is 16.4 Å². The first-order valence-corrected chi connectivity index (χ1v) is 1.71. The van der Waals surface area contributed by atoms with Gasteiger partial charge in [0, 0.05) is 0 Å². The predicted octanol–water partition coefficient (Wildman–Crippen LogP) is 2.23. The highest BCUT2D eigenvalue weighted by Crippen LogP contribution is 1.60. The highest BCUT2D eigenvalue weighted by Gasteiger charge is 1.70. The zero-order valence-electron chi connectivity index (χ0n) is 3.47. The normalized spacial score (nSPS) is 4.62. The van der Waals surface area contributed by atoms with Crippen LogP contribution in [0.15, 0.2) is 12.1 Å². The van der Waals surface area contributed by atoms with E-state index in [1.54, 1.807) is 0 Å². The second-order valence-corrected chi connectivity index (χ2v) is 0.745. The Bertz CT molecular complexity index is 58.3. The lowest BCUT2D eigenvalue weighted by Crippen LogP contribution is -1.81. The Morgan fingerprint density at radius 3 is 1.62 bits per heavy atom. The second-order valence-electron chi connectivity index (χ2n) is 0.437. The Labute approximate surface area is 53.2 Å². The molecule has 0 aliphatic carbocycles. The van der Waals surface area contributed by atoms with E-state index in [9.17, 15) is 0 Å².